The fourth-order valence-corrected chi connectivity index (χ4v) is 5.29. The maximum Gasteiger partial charge on any atom is 0.354 e. The molecule has 2 aromatic carbocycles. The Balaban J connectivity index is 1.68. The van der Waals surface area contributed by atoms with Gasteiger partial charge < -0.3 is 10.0 Å². The first-order valence-corrected chi connectivity index (χ1v) is 12.2. The number of aromatic carboxylic acids is 1. The predicted molar refractivity (Wildman–Crippen MR) is 139 cm³/mol. The molecule has 2 aromatic heterocycles. The van der Waals surface area contributed by atoms with E-state index in [0.717, 1.165) is 46.4 Å². The quantitative estimate of drug-likeness (QED) is 0.371. The normalized spacial score (nSPS) is 13.6. The van der Waals surface area contributed by atoms with Crippen molar-refractivity contribution in [3.8, 4) is 11.1 Å². The number of carboxylic acid groups (broad SMARTS) is 1. The molecular weight excluding hydrogens is 478 g/mol. The summed E-state index contributed by atoms with van der Waals surface area (Å²) in [4.78, 5) is 29.8. The van der Waals surface area contributed by atoms with Crippen LogP contribution < -0.4 is 10.6 Å². The summed E-state index contributed by atoms with van der Waals surface area (Å²) in [6, 6.07) is 10.2. The van der Waals surface area contributed by atoms with Gasteiger partial charge in [-0.25, -0.2) is 23.4 Å². The Morgan fingerprint density at radius 1 is 1.05 bits per heavy atom. The molecule has 0 amide bonds. The summed E-state index contributed by atoms with van der Waals surface area (Å²) in [7, 11) is 3.51. The van der Waals surface area contributed by atoms with Gasteiger partial charge in [-0.2, -0.15) is 0 Å². The van der Waals surface area contributed by atoms with Crippen molar-refractivity contribution in [1.29, 1.82) is 0 Å². The monoisotopic (exact) mass is 506 g/mol. The third-order valence-corrected chi connectivity index (χ3v) is 7.21. The second kappa shape index (κ2) is 9.14. The molecule has 4 aromatic rings. The number of imidazole rings is 1. The van der Waals surface area contributed by atoms with Crippen molar-refractivity contribution >= 4 is 28.4 Å². The van der Waals surface area contributed by atoms with Gasteiger partial charge in [-0.1, -0.05) is 19.9 Å². The second-order valence-electron chi connectivity index (χ2n) is 9.82. The lowest BCUT2D eigenvalue weighted by Crippen LogP contribution is -2.25. The van der Waals surface area contributed by atoms with E-state index >= 15 is 0 Å². The molecule has 0 radical (unpaired) electrons. The molecule has 3 heterocycles. The summed E-state index contributed by atoms with van der Waals surface area (Å²) < 4.78 is 31.9. The summed E-state index contributed by atoms with van der Waals surface area (Å²) >= 11 is 0. The van der Waals surface area contributed by atoms with Crippen molar-refractivity contribution in [3.63, 3.8) is 0 Å². The number of fused-ring (bicyclic) bond motifs is 2. The maximum atomic E-state index is 14.3. The fourth-order valence-electron chi connectivity index (χ4n) is 5.29. The Bertz CT molecular complexity index is 1590. The van der Waals surface area contributed by atoms with Crippen LogP contribution in [0.25, 0.3) is 22.2 Å². The van der Waals surface area contributed by atoms with E-state index in [1.165, 1.54) is 18.3 Å². The van der Waals surface area contributed by atoms with Crippen LogP contribution in [0.4, 0.5) is 20.2 Å². The first kappa shape index (κ1) is 24.7. The molecule has 192 valence electrons. The second-order valence-corrected chi connectivity index (χ2v) is 9.82. The average Bonchev–Trinajstić information content (AvgIpc) is 3.10. The van der Waals surface area contributed by atoms with Crippen molar-refractivity contribution in [2.75, 3.05) is 11.4 Å². The van der Waals surface area contributed by atoms with Crippen LogP contribution in [0.5, 0.6) is 0 Å². The molecule has 0 atom stereocenters. The average molecular weight is 507 g/mol. The molecule has 9 heteroatoms. The number of benzene rings is 2. The van der Waals surface area contributed by atoms with Gasteiger partial charge in [-0.3, -0.25) is 9.13 Å². The van der Waals surface area contributed by atoms with Gasteiger partial charge in [0.2, 0.25) is 0 Å². The van der Waals surface area contributed by atoms with Gasteiger partial charge in [0.15, 0.2) is 0 Å². The Morgan fingerprint density at radius 2 is 1.81 bits per heavy atom. The molecule has 0 unspecified atom stereocenters. The van der Waals surface area contributed by atoms with Crippen LogP contribution in [0.15, 0.2) is 47.4 Å². The Labute approximate surface area is 212 Å². The third kappa shape index (κ3) is 4.08. The molecule has 7 nitrogen and oxygen atoms in total. The van der Waals surface area contributed by atoms with Gasteiger partial charge in [-0.05, 0) is 65.8 Å². The molecular formula is C28H28F2N4O3. The standard InChI is InChI=1S/C28H28F2N4O3/c1-15(2)19-11-18(12-24-25(19)33(4)28(37)32(24)3)34-9-5-6-16-10-20(21(26(29)30)13-23(16)34)17-7-8-22(27(35)36)31-14-17/h7-8,10-15,26H,5-6,9H2,1-4H3,(H,35,36). The largest absolute Gasteiger partial charge is 0.477 e. The van der Waals surface area contributed by atoms with E-state index in [1.54, 1.807) is 35.4 Å². The first-order chi connectivity index (χ1) is 17.6. The van der Waals surface area contributed by atoms with E-state index in [4.69, 9.17) is 5.11 Å². The first-order valence-electron chi connectivity index (χ1n) is 12.2. The van der Waals surface area contributed by atoms with Crippen molar-refractivity contribution in [1.82, 2.24) is 14.1 Å². The van der Waals surface area contributed by atoms with Gasteiger partial charge >= 0.3 is 11.7 Å². The lowest BCUT2D eigenvalue weighted by molar-refractivity contribution is 0.0690. The molecule has 0 aliphatic carbocycles. The Morgan fingerprint density at radius 3 is 2.43 bits per heavy atom. The highest BCUT2D eigenvalue weighted by Gasteiger charge is 2.26. The van der Waals surface area contributed by atoms with Crippen LogP contribution >= 0.6 is 0 Å². The summed E-state index contributed by atoms with van der Waals surface area (Å²) in [5, 5.41) is 9.13. The van der Waals surface area contributed by atoms with Crippen molar-refractivity contribution in [2.24, 2.45) is 14.1 Å². The van der Waals surface area contributed by atoms with Crippen molar-refractivity contribution in [2.45, 2.75) is 39.0 Å². The fraction of sp³-hybridized carbons (Fsp3) is 0.321. The number of aromatic nitrogens is 3. The number of aryl methyl sites for hydroxylation is 3. The maximum absolute atomic E-state index is 14.3. The van der Waals surface area contributed by atoms with Crippen LogP contribution in [-0.2, 0) is 20.5 Å². The van der Waals surface area contributed by atoms with E-state index in [1.807, 2.05) is 6.07 Å². The van der Waals surface area contributed by atoms with Crippen LogP contribution in [0, 0.1) is 0 Å². The molecule has 0 bridgehead atoms. The SMILES string of the molecule is CC(C)c1cc(N2CCCc3cc(-c4ccc(C(=O)O)nc4)c(C(F)F)cc32)cc2c1n(C)c(=O)n2C. The molecule has 5 rings (SSSR count). The smallest absolute Gasteiger partial charge is 0.354 e. The van der Waals surface area contributed by atoms with E-state index in [9.17, 15) is 18.4 Å². The van der Waals surface area contributed by atoms with Gasteiger partial charge in [0.05, 0.1) is 11.0 Å². The third-order valence-electron chi connectivity index (χ3n) is 7.21. The minimum absolute atomic E-state index is 0.111. The van der Waals surface area contributed by atoms with Gasteiger partial charge in [0.1, 0.15) is 5.69 Å². The Kier molecular flexibility index (Phi) is 6.09. The van der Waals surface area contributed by atoms with Crippen molar-refractivity contribution < 1.29 is 18.7 Å². The zero-order chi connectivity index (χ0) is 26.6. The molecule has 0 saturated carbocycles. The van der Waals surface area contributed by atoms with E-state index in [2.05, 4.69) is 29.8 Å². The number of hydrogen-bond acceptors (Lipinski definition) is 4. The van der Waals surface area contributed by atoms with Gasteiger partial charge in [0.25, 0.3) is 6.43 Å². The topological polar surface area (TPSA) is 80.4 Å². The molecule has 0 saturated heterocycles. The van der Waals surface area contributed by atoms with Crippen LogP contribution in [0.2, 0.25) is 0 Å². The molecule has 1 aliphatic rings. The van der Waals surface area contributed by atoms with Gasteiger partial charge in [-0.15, -0.1) is 0 Å². The minimum Gasteiger partial charge on any atom is -0.477 e. The number of anilines is 2. The number of rotatable bonds is 5. The number of carboxylic acids is 1. The van der Waals surface area contributed by atoms with Gasteiger partial charge in [0, 0.05) is 49.3 Å². The predicted octanol–water partition coefficient (Wildman–Crippen LogP) is 5.78. The Hall–Kier alpha value is -4.01. The summed E-state index contributed by atoms with van der Waals surface area (Å²) in [5.41, 5.74) is 5.63. The molecule has 0 spiro atoms. The van der Waals surface area contributed by atoms with Crippen LogP contribution in [0.3, 0.4) is 0 Å². The lowest BCUT2D eigenvalue weighted by Gasteiger charge is -2.33. The van der Waals surface area contributed by atoms with E-state index < -0.39 is 12.4 Å². The zero-order valence-electron chi connectivity index (χ0n) is 21.1. The summed E-state index contributed by atoms with van der Waals surface area (Å²) in [6.45, 7) is 4.81. The highest BCUT2D eigenvalue weighted by atomic mass is 19.3. The molecule has 1 aliphatic heterocycles. The van der Waals surface area contributed by atoms with Crippen LogP contribution in [0.1, 0.15) is 59.8 Å². The van der Waals surface area contributed by atoms with E-state index in [0.29, 0.717) is 17.7 Å². The summed E-state index contributed by atoms with van der Waals surface area (Å²) in [6.07, 6.45) is 0.161. The van der Waals surface area contributed by atoms with Crippen LogP contribution in [-0.4, -0.2) is 31.7 Å². The minimum atomic E-state index is -2.73. The number of carbonyl (C=O) groups is 1. The molecule has 0 fully saturated rings. The number of halogens is 2. The highest BCUT2D eigenvalue weighted by molar-refractivity contribution is 5.88. The molecule has 1 N–H and O–H groups in total. The highest BCUT2D eigenvalue weighted by Crippen LogP contribution is 2.42. The number of alkyl halides is 2. The summed E-state index contributed by atoms with van der Waals surface area (Å²) in [5.74, 6) is -1.02. The number of hydrogen-bond donors (Lipinski definition) is 1. The molecule has 37 heavy (non-hydrogen) atoms. The number of nitrogens with zero attached hydrogens (tertiary/aromatic N) is 4. The van der Waals surface area contributed by atoms with E-state index in [-0.39, 0.29) is 22.9 Å². The zero-order valence-corrected chi connectivity index (χ0v) is 21.1. The lowest BCUT2D eigenvalue weighted by atomic mass is 9.91. The van der Waals surface area contributed by atoms with Crippen molar-refractivity contribution in [3.05, 3.63) is 75.5 Å². The number of pyridine rings is 1.